The van der Waals surface area contributed by atoms with Crippen LogP contribution in [0.2, 0.25) is 0 Å². The van der Waals surface area contributed by atoms with Crippen molar-refractivity contribution in [3.8, 4) is 11.5 Å². The maximum atomic E-state index is 11.7. The first-order valence-electron chi connectivity index (χ1n) is 6.62. The Morgan fingerprint density at radius 3 is 1.55 bits per heavy atom. The minimum atomic E-state index is -0.414. The summed E-state index contributed by atoms with van der Waals surface area (Å²) in [4.78, 5) is 11.7. The van der Waals surface area contributed by atoms with E-state index in [9.17, 15) is 4.79 Å². The fourth-order valence-electron chi connectivity index (χ4n) is 1.63. The van der Waals surface area contributed by atoms with Gasteiger partial charge in [-0.2, -0.15) is 0 Å². The van der Waals surface area contributed by atoms with E-state index in [-0.39, 0.29) is 11.2 Å². The smallest absolute Gasteiger partial charge is 0.338 e. The Morgan fingerprint density at radius 1 is 0.850 bits per heavy atom. The van der Waals surface area contributed by atoms with Crippen LogP contribution in [0, 0.1) is 0 Å². The zero-order valence-electron chi connectivity index (χ0n) is 13.4. The largest absolute Gasteiger partial charge is 0.488 e. The van der Waals surface area contributed by atoms with Crippen molar-refractivity contribution >= 4 is 5.97 Å². The van der Waals surface area contributed by atoms with Gasteiger partial charge in [-0.05, 0) is 53.7 Å². The molecule has 0 bridgehead atoms. The summed E-state index contributed by atoms with van der Waals surface area (Å²) in [7, 11) is 1.35. The molecular weight excluding hydrogens is 256 g/mol. The summed E-state index contributed by atoms with van der Waals surface area (Å²) in [5, 5.41) is 0. The maximum absolute atomic E-state index is 11.7. The second-order valence-corrected chi connectivity index (χ2v) is 6.61. The maximum Gasteiger partial charge on any atom is 0.338 e. The summed E-state index contributed by atoms with van der Waals surface area (Å²) in [6, 6.07) is 5.10. The molecule has 1 aromatic rings. The van der Waals surface area contributed by atoms with E-state index in [1.54, 1.807) is 18.2 Å². The van der Waals surface area contributed by atoms with Gasteiger partial charge in [-0.15, -0.1) is 0 Å². The van der Waals surface area contributed by atoms with E-state index in [4.69, 9.17) is 14.2 Å². The van der Waals surface area contributed by atoms with Crippen molar-refractivity contribution < 1.29 is 19.0 Å². The summed E-state index contributed by atoms with van der Waals surface area (Å²) in [6.45, 7) is 11.7. The highest BCUT2D eigenvalue weighted by Crippen LogP contribution is 2.28. The van der Waals surface area contributed by atoms with Crippen LogP contribution in [-0.2, 0) is 4.74 Å². The number of hydrogen-bond donors (Lipinski definition) is 0. The van der Waals surface area contributed by atoms with Crippen LogP contribution in [-0.4, -0.2) is 24.3 Å². The Hall–Kier alpha value is -1.71. The molecule has 0 saturated heterocycles. The summed E-state index contributed by atoms with van der Waals surface area (Å²) < 4.78 is 16.4. The molecule has 0 radical (unpaired) electrons. The zero-order chi connectivity index (χ0) is 15.6. The van der Waals surface area contributed by atoms with E-state index in [0.29, 0.717) is 17.1 Å². The van der Waals surface area contributed by atoms with E-state index in [1.165, 1.54) is 7.11 Å². The van der Waals surface area contributed by atoms with Crippen LogP contribution >= 0.6 is 0 Å². The Balaban J connectivity index is 3.17. The summed E-state index contributed by atoms with van der Waals surface area (Å²) in [5.41, 5.74) is -0.296. The van der Waals surface area contributed by atoms with E-state index in [2.05, 4.69) is 0 Å². The average molecular weight is 280 g/mol. The minimum Gasteiger partial charge on any atom is -0.488 e. The normalized spacial score (nSPS) is 11.9. The van der Waals surface area contributed by atoms with E-state index in [0.717, 1.165) is 0 Å². The molecule has 0 aliphatic rings. The van der Waals surface area contributed by atoms with Gasteiger partial charge in [0.2, 0.25) is 0 Å². The average Bonchev–Trinajstić information content (AvgIpc) is 2.22. The lowest BCUT2D eigenvalue weighted by atomic mass is 10.1. The Bertz CT molecular complexity index is 444. The molecule has 0 heterocycles. The summed E-state index contributed by atoms with van der Waals surface area (Å²) in [5.74, 6) is 0.752. The number of rotatable bonds is 3. The van der Waals surface area contributed by atoms with Crippen molar-refractivity contribution in [2.45, 2.75) is 52.7 Å². The quantitative estimate of drug-likeness (QED) is 0.789. The van der Waals surface area contributed by atoms with E-state index < -0.39 is 5.97 Å². The van der Waals surface area contributed by atoms with Crippen LogP contribution in [0.15, 0.2) is 18.2 Å². The van der Waals surface area contributed by atoms with Gasteiger partial charge >= 0.3 is 5.97 Å². The predicted molar refractivity (Wildman–Crippen MR) is 78.5 cm³/mol. The molecule has 0 aliphatic heterocycles. The third-order valence-electron chi connectivity index (χ3n) is 2.15. The Kier molecular flexibility index (Phi) is 4.69. The van der Waals surface area contributed by atoms with Crippen LogP contribution in [0.25, 0.3) is 0 Å². The van der Waals surface area contributed by atoms with Gasteiger partial charge in [-0.1, -0.05) is 0 Å². The molecule has 0 aromatic heterocycles. The Labute approximate surface area is 121 Å². The van der Waals surface area contributed by atoms with Crippen LogP contribution in [0.5, 0.6) is 11.5 Å². The number of hydrogen-bond acceptors (Lipinski definition) is 4. The molecule has 112 valence electrons. The van der Waals surface area contributed by atoms with Gasteiger partial charge in [-0.25, -0.2) is 4.79 Å². The molecule has 0 aliphatic carbocycles. The van der Waals surface area contributed by atoms with E-state index in [1.807, 2.05) is 41.5 Å². The first kappa shape index (κ1) is 16.3. The number of benzene rings is 1. The van der Waals surface area contributed by atoms with Crippen LogP contribution in [0.1, 0.15) is 51.9 Å². The SMILES string of the molecule is COC(=O)c1cc(OC(C)(C)C)cc(OC(C)(C)C)c1. The van der Waals surface area contributed by atoms with Crippen molar-refractivity contribution in [1.29, 1.82) is 0 Å². The molecule has 1 aromatic carbocycles. The molecule has 4 nitrogen and oxygen atoms in total. The number of ether oxygens (including phenoxy) is 3. The molecule has 0 unspecified atom stereocenters. The lowest BCUT2D eigenvalue weighted by Crippen LogP contribution is -2.24. The molecule has 20 heavy (non-hydrogen) atoms. The summed E-state index contributed by atoms with van der Waals surface area (Å²) in [6.07, 6.45) is 0. The summed E-state index contributed by atoms with van der Waals surface area (Å²) >= 11 is 0. The Morgan fingerprint density at radius 2 is 1.25 bits per heavy atom. The molecule has 0 N–H and O–H groups in total. The molecule has 0 spiro atoms. The number of methoxy groups -OCH3 is 1. The molecular formula is C16H24O4. The van der Waals surface area contributed by atoms with Gasteiger partial charge in [0.25, 0.3) is 0 Å². The van der Waals surface area contributed by atoms with Gasteiger partial charge in [0.1, 0.15) is 22.7 Å². The molecule has 1 rings (SSSR count). The van der Waals surface area contributed by atoms with Crippen molar-refractivity contribution in [2.24, 2.45) is 0 Å². The lowest BCUT2D eigenvalue weighted by Gasteiger charge is -2.24. The molecule has 4 heteroatoms. The predicted octanol–water partition coefficient (Wildman–Crippen LogP) is 3.83. The van der Waals surface area contributed by atoms with E-state index >= 15 is 0 Å². The van der Waals surface area contributed by atoms with Gasteiger partial charge in [-0.3, -0.25) is 0 Å². The highest BCUT2D eigenvalue weighted by molar-refractivity contribution is 5.90. The minimum absolute atomic E-state index is 0.353. The second kappa shape index (κ2) is 5.73. The van der Waals surface area contributed by atoms with Crippen molar-refractivity contribution in [3.05, 3.63) is 23.8 Å². The lowest BCUT2D eigenvalue weighted by molar-refractivity contribution is 0.0596. The fourth-order valence-corrected chi connectivity index (χ4v) is 1.63. The van der Waals surface area contributed by atoms with Gasteiger partial charge < -0.3 is 14.2 Å². The van der Waals surface area contributed by atoms with Crippen LogP contribution in [0.3, 0.4) is 0 Å². The van der Waals surface area contributed by atoms with Crippen LogP contribution < -0.4 is 9.47 Å². The highest BCUT2D eigenvalue weighted by Gasteiger charge is 2.18. The number of carbonyl (C=O) groups is 1. The van der Waals surface area contributed by atoms with Crippen LogP contribution in [0.4, 0.5) is 0 Å². The number of esters is 1. The molecule has 0 saturated carbocycles. The van der Waals surface area contributed by atoms with Crippen molar-refractivity contribution in [1.82, 2.24) is 0 Å². The number of carbonyl (C=O) groups excluding carboxylic acids is 1. The molecule has 0 amide bonds. The monoisotopic (exact) mass is 280 g/mol. The molecule has 0 atom stereocenters. The molecule has 0 fully saturated rings. The standard InChI is InChI=1S/C16H24O4/c1-15(2,3)19-12-8-11(14(17)18-7)9-13(10-12)20-16(4,5)6/h8-10H,1-7H3. The van der Waals surface area contributed by atoms with Gasteiger partial charge in [0.15, 0.2) is 0 Å². The van der Waals surface area contributed by atoms with Crippen molar-refractivity contribution in [3.63, 3.8) is 0 Å². The second-order valence-electron chi connectivity index (χ2n) is 6.61. The third-order valence-corrected chi connectivity index (χ3v) is 2.15. The van der Waals surface area contributed by atoms with Gasteiger partial charge in [0, 0.05) is 6.07 Å². The highest BCUT2D eigenvalue weighted by atomic mass is 16.5. The van der Waals surface area contributed by atoms with Crippen molar-refractivity contribution in [2.75, 3.05) is 7.11 Å². The zero-order valence-corrected chi connectivity index (χ0v) is 13.4. The third kappa shape index (κ3) is 5.51. The first-order chi connectivity index (χ1) is 9.00. The topological polar surface area (TPSA) is 44.8 Å². The van der Waals surface area contributed by atoms with Gasteiger partial charge in [0.05, 0.1) is 12.7 Å². The first-order valence-corrected chi connectivity index (χ1v) is 6.62. The fraction of sp³-hybridized carbons (Fsp3) is 0.562.